The van der Waals surface area contributed by atoms with Crippen molar-refractivity contribution in [2.75, 3.05) is 0 Å². The Balaban J connectivity index is 2.22. The Hall–Kier alpha value is -2.48. The molecule has 0 aliphatic heterocycles. The number of hydrogen-bond acceptors (Lipinski definition) is 4. The van der Waals surface area contributed by atoms with Crippen LogP contribution in [0.15, 0.2) is 36.4 Å². The molecule has 0 aromatic heterocycles. The Labute approximate surface area is 133 Å². The lowest BCUT2D eigenvalue weighted by atomic mass is 10.2. The third-order valence-electron chi connectivity index (χ3n) is 2.73. The molecule has 0 spiro atoms. The minimum atomic E-state index is -4.82. The molecule has 0 heterocycles. The largest absolute Gasteiger partial charge is 0.573 e. The molecule has 0 bridgehead atoms. The van der Waals surface area contributed by atoms with Gasteiger partial charge in [0.05, 0.1) is 9.95 Å². The summed E-state index contributed by atoms with van der Waals surface area (Å²) in [5.74, 6) is -0.0876. The fraction of sp³-hybridized carbons (Fsp3) is 0.143. The van der Waals surface area contributed by atoms with Crippen molar-refractivity contribution < 1.29 is 27.6 Å². The lowest BCUT2D eigenvalue weighted by Crippen LogP contribution is -2.17. The van der Waals surface area contributed by atoms with Gasteiger partial charge in [-0.25, -0.2) is 0 Å². The molecule has 0 aliphatic rings. The van der Waals surface area contributed by atoms with Gasteiger partial charge in [0.1, 0.15) is 17.2 Å². The van der Waals surface area contributed by atoms with E-state index in [9.17, 15) is 23.3 Å². The molecule has 0 radical (unpaired) electrons. The number of alkyl halides is 3. The standard InChI is InChI=1S/C14H9ClF3NO4/c1-8-6-9(19(20)21)2-4-12(8)22-13-5-3-10(7-11(13)15)23-14(16,17)18/h2-7H,1H3. The molecular weight excluding hydrogens is 339 g/mol. The smallest absolute Gasteiger partial charge is 0.456 e. The molecule has 0 fully saturated rings. The summed E-state index contributed by atoms with van der Waals surface area (Å²) >= 11 is 5.86. The predicted octanol–water partition coefficient (Wildman–Crippen LogP) is 5.25. The first kappa shape index (κ1) is 16.9. The highest BCUT2D eigenvalue weighted by molar-refractivity contribution is 6.32. The van der Waals surface area contributed by atoms with Crippen molar-refractivity contribution in [3.8, 4) is 17.2 Å². The maximum absolute atomic E-state index is 12.1. The number of benzene rings is 2. The highest BCUT2D eigenvalue weighted by Gasteiger charge is 2.31. The molecule has 0 atom stereocenters. The molecule has 2 rings (SSSR count). The Kier molecular flexibility index (Phi) is 4.65. The minimum Gasteiger partial charge on any atom is -0.456 e. The quantitative estimate of drug-likeness (QED) is 0.560. The monoisotopic (exact) mass is 347 g/mol. The second-order valence-corrected chi connectivity index (χ2v) is 4.86. The van der Waals surface area contributed by atoms with Crippen LogP contribution in [-0.2, 0) is 0 Å². The van der Waals surface area contributed by atoms with Crippen molar-refractivity contribution in [1.29, 1.82) is 0 Å². The van der Waals surface area contributed by atoms with E-state index in [4.69, 9.17) is 16.3 Å². The number of halogens is 4. The number of nitro groups is 1. The van der Waals surface area contributed by atoms with Gasteiger partial charge in [-0.3, -0.25) is 10.1 Å². The first-order chi connectivity index (χ1) is 10.7. The summed E-state index contributed by atoms with van der Waals surface area (Å²) in [6.07, 6.45) is -4.82. The number of non-ortho nitro benzene ring substituents is 1. The zero-order valence-corrected chi connectivity index (χ0v) is 12.3. The Morgan fingerprint density at radius 2 is 1.78 bits per heavy atom. The van der Waals surface area contributed by atoms with Crippen molar-refractivity contribution >= 4 is 17.3 Å². The van der Waals surface area contributed by atoms with E-state index < -0.39 is 17.0 Å². The van der Waals surface area contributed by atoms with E-state index in [-0.39, 0.29) is 16.5 Å². The highest BCUT2D eigenvalue weighted by Crippen LogP contribution is 2.35. The summed E-state index contributed by atoms with van der Waals surface area (Å²) in [5, 5.41) is 10.6. The second kappa shape index (κ2) is 6.33. The summed E-state index contributed by atoms with van der Waals surface area (Å²) in [5.41, 5.74) is 0.376. The normalized spacial score (nSPS) is 11.2. The summed E-state index contributed by atoms with van der Waals surface area (Å²) < 4.78 is 45.6. The SMILES string of the molecule is Cc1cc([N+](=O)[O-])ccc1Oc1ccc(OC(F)(F)F)cc1Cl. The number of aryl methyl sites for hydroxylation is 1. The first-order valence-electron chi connectivity index (χ1n) is 6.14. The number of rotatable bonds is 4. The van der Waals surface area contributed by atoms with Gasteiger partial charge in [-0.2, -0.15) is 0 Å². The molecule has 23 heavy (non-hydrogen) atoms. The van der Waals surface area contributed by atoms with Gasteiger partial charge in [-0.1, -0.05) is 11.6 Å². The third kappa shape index (κ3) is 4.49. The molecule has 122 valence electrons. The topological polar surface area (TPSA) is 61.6 Å². The molecule has 0 aliphatic carbocycles. The molecule has 9 heteroatoms. The molecule has 0 saturated heterocycles. The van der Waals surface area contributed by atoms with Gasteiger partial charge >= 0.3 is 6.36 Å². The fourth-order valence-corrected chi connectivity index (χ4v) is 1.95. The second-order valence-electron chi connectivity index (χ2n) is 4.45. The van der Waals surface area contributed by atoms with Gasteiger partial charge in [0.15, 0.2) is 0 Å². The van der Waals surface area contributed by atoms with Crippen LogP contribution >= 0.6 is 11.6 Å². The van der Waals surface area contributed by atoms with Crippen LogP contribution in [0.1, 0.15) is 5.56 Å². The van der Waals surface area contributed by atoms with Gasteiger partial charge in [0.2, 0.25) is 0 Å². The van der Waals surface area contributed by atoms with Crippen LogP contribution in [0, 0.1) is 17.0 Å². The maximum Gasteiger partial charge on any atom is 0.573 e. The van der Waals surface area contributed by atoms with Crippen molar-refractivity contribution in [3.63, 3.8) is 0 Å². The van der Waals surface area contributed by atoms with Crippen LogP contribution in [0.4, 0.5) is 18.9 Å². The van der Waals surface area contributed by atoms with Crippen LogP contribution in [0.3, 0.4) is 0 Å². The average Bonchev–Trinajstić information content (AvgIpc) is 2.41. The van der Waals surface area contributed by atoms with E-state index in [1.807, 2.05) is 0 Å². The van der Waals surface area contributed by atoms with E-state index >= 15 is 0 Å². The molecular formula is C14H9ClF3NO4. The summed E-state index contributed by atoms with van der Waals surface area (Å²) in [6, 6.07) is 7.16. The Morgan fingerprint density at radius 3 is 2.30 bits per heavy atom. The first-order valence-corrected chi connectivity index (χ1v) is 6.52. The van der Waals surface area contributed by atoms with Crippen molar-refractivity contribution in [2.24, 2.45) is 0 Å². The van der Waals surface area contributed by atoms with E-state index in [0.29, 0.717) is 11.3 Å². The van der Waals surface area contributed by atoms with E-state index in [2.05, 4.69) is 4.74 Å². The molecule has 0 amide bonds. The summed E-state index contributed by atoms with van der Waals surface area (Å²) in [7, 11) is 0. The molecule has 0 unspecified atom stereocenters. The van der Waals surface area contributed by atoms with Crippen LogP contribution in [0.5, 0.6) is 17.2 Å². The van der Waals surface area contributed by atoms with Crippen LogP contribution in [-0.4, -0.2) is 11.3 Å². The zero-order valence-electron chi connectivity index (χ0n) is 11.6. The maximum atomic E-state index is 12.1. The lowest BCUT2D eigenvalue weighted by Gasteiger charge is -2.12. The molecule has 5 nitrogen and oxygen atoms in total. The number of ether oxygens (including phenoxy) is 2. The van der Waals surface area contributed by atoms with E-state index in [1.165, 1.54) is 24.3 Å². The zero-order chi connectivity index (χ0) is 17.2. The number of nitro benzene ring substituents is 1. The Bertz CT molecular complexity index is 749. The lowest BCUT2D eigenvalue weighted by molar-refractivity contribution is -0.384. The third-order valence-corrected chi connectivity index (χ3v) is 3.02. The minimum absolute atomic E-state index is 0.0931. The van der Waals surface area contributed by atoms with Crippen LogP contribution < -0.4 is 9.47 Å². The van der Waals surface area contributed by atoms with Gasteiger partial charge in [0, 0.05) is 18.2 Å². The predicted molar refractivity (Wildman–Crippen MR) is 76.0 cm³/mol. The molecule has 0 N–H and O–H groups in total. The van der Waals surface area contributed by atoms with Gasteiger partial charge in [-0.05, 0) is 30.7 Å². The van der Waals surface area contributed by atoms with E-state index in [1.54, 1.807) is 6.92 Å². The van der Waals surface area contributed by atoms with Gasteiger partial charge in [0.25, 0.3) is 5.69 Å². The van der Waals surface area contributed by atoms with Gasteiger partial charge in [-0.15, -0.1) is 13.2 Å². The van der Waals surface area contributed by atoms with Crippen molar-refractivity contribution in [2.45, 2.75) is 13.3 Å². The highest BCUT2D eigenvalue weighted by atomic mass is 35.5. The molecule has 0 saturated carbocycles. The van der Waals surface area contributed by atoms with Gasteiger partial charge < -0.3 is 9.47 Å². The average molecular weight is 348 g/mol. The van der Waals surface area contributed by atoms with Crippen LogP contribution in [0.25, 0.3) is 0 Å². The van der Waals surface area contributed by atoms with Crippen molar-refractivity contribution in [1.82, 2.24) is 0 Å². The summed E-state index contributed by atoms with van der Waals surface area (Å²) in [6.45, 7) is 1.59. The van der Waals surface area contributed by atoms with E-state index in [0.717, 1.165) is 12.1 Å². The van der Waals surface area contributed by atoms with Crippen LogP contribution in [0.2, 0.25) is 5.02 Å². The molecule has 2 aromatic rings. The fourth-order valence-electron chi connectivity index (χ4n) is 1.74. The number of hydrogen-bond donors (Lipinski definition) is 0. The van der Waals surface area contributed by atoms with Crippen molar-refractivity contribution in [3.05, 3.63) is 57.1 Å². The molecule has 2 aromatic carbocycles. The number of nitrogens with zero attached hydrogens (tertiary/aromatic N) is 1. The summed E-state index contributed by atoms with van der Waals surface area (Å²) in [4.78, 5) is 10.1. The Morgan fingerprint density at radius 1 is 1.13 bits per heavy atom.